The number of aromatic nitrogens is 5. The summed E-state index contributed by atoms with van der Waals surface area (Å²) < 4.78 is 0. The van der Waals surface area contributed by atoms with Crippen LogP contribution in [0.25, 0.3) is 0 Å². The van der Waals surface area contributed by atoms with Gasteiger partial charge in [0.05, 0.1) is 29.8 Å². The first-order valence-corrected chi connectivity index (χ1v) is 12.1. The Labute approximate surface area is 307 Å². The molecule has 0 saturated carbocycles. The van der Waals surface area contributed by atoms with Crippen molar-refractivity contribution in [3.63, 3.8) is 0 Å². The molecular weight excluding hydrogens is 682 g/mol. The van der Waals surface area contributed by atoms with E-state index >= 15 is 0 Å². The van der Waals surface area contributed by atoms with Crippen LogP contribution in [0.4, 0.5) is 0 Å². The molecule has 5 rings (SSSR count). The van der Waals surface area contributed by atoms with Gasteiger partial charge in [0.1, 0.15) is 0 Å². The van der Waals surface area contributed by atoms with Crippen LogP contribution < -0.4 is 25.5 Å². The zero-order chi connectivity index (χ0) is 33.5. The van der Waals surface area contributed by atoms with Crippen LogP contribution in [0, 0.1) is 0 Å². The second kappa shape index (κ2) is 26.1. The van der Waals surface area contributed by atoms with E-state index in [0.29, 0.717) is 0 Å². The minimum Gasteiger partial charge on any atom is -0.545 e. The van der Waals surface area contributed by atoms with E-state index in [1.165, 1.54) is 92.3 Å². The van der Waals surface area contributed by atoms with E-state index in [0.717, 1.165) is 0 Å². The van der Waals surface area contributed by atoms with E-state index < -0.39 is 29.8 Å². The third-order valence-corrected chi connectivity index (χ3v) is 4.49. The maximum Gasteiger partial charge on any atom is 3.00 e. The van der Waals surface area contributed by atoms with Gasteiger partial charge in [0.15, 0.2) is 0 Å². The average Bonchev–Trinajstić information content (AvgIpc) is 3.08. The predicted molar refractivity (Wildman–Crippen MR) is 149 cm³/mol. The van der Waals surface area contributed by atoms with Crippen LogP contribution in [-0.4, -0.2) is 92.5 Å². The monoisotopic (exact) mass is 702 g/mol. The first-order chi connectivity index (χ1) is 21.5. The molecule has 0 atom stereocenters. The Morgan fingerprint density at radius 3 is 0.574 bits per heavy atom. The third-order valence-electron chi connectivity index (χ3n) is 4.49. The fourth-order valence-corrected chi connectivity index (χ4v) is 2.42. The van der Waals surface area contributed by atoms with Gasteiger partial charge in [-0.05, 0) is 30.3 Å². The van der Waals surface area contributed by atoms with Gasteiger partial charge < -0.3 is 49.5 Å². The molecule has 0 aliphatic rings. The van der Waals surface area contributed by atoms with E-state index in [1.807, 2.05) is 0 Å². The number of hydrogen-bond donors (Lipinski definition) is 0. The zero-order valence-corrected chi connectivity index (χ0v) is 27.5. The van der Waals surface area contributed by atoms with Crippen molar-refractivity contribution in [2.75, 3.05) is 0 Å². The van der Waals surface area contributed by atoms with Crippen molar-refractivity contribution in [2.45, 2.75) is 0 Å². The second-order valence-electron chi connectivity index (χ2n) is 7.65. The molecule has 5 aromatic rings. The average molecular weight is 703 g/mol. The Morgan fingerprint density at radius 1 is 0.362 bits per heavy atom. The van der Waals surface area contributed by atoms with E-state index in [4.69, 9.17) is 0 Å². The molecule has 17 heteroatoms. The van der Waals surface area contributed by atoms with E-state index in [1.54, 1.807) is 30.3 Å². The first-order valence-electron chi connectivity index (χ1n) is 12.1. The summed E-state index contributed by atoms with van der Waals surface area (Å²) in [5, 5.41) is 50.2. The van der Waals surface area contributed by atoms with Crippen LogP contribution in [0.3, 0.4) is 0 Å². The molecule has 47 heavy (non-hydrogen) atoms. The molecule has 0 saturated heterocycles. The summed E-state index contributed by atoms with van der Waals surface area (Å²) in [5.41, 5.74) is 0.544. The molecule has 233 valence electrons. The molecule has 0 bridgehead atoms. The molecule has 0 amide bonds. The fraction of sp³-hybridized carbons (Fsp3) is 0. The van der Waals surface area contributed by atoms with Crippen LogP contribution in [0.1, 0.15) is 51.8 Å². The van der Waals surface area contributed by atoms with Crippen LogP contribution in [-0.2, 0) is 17.4 Å². The van der Waals surface area contributed by atoms with Crippen molar-refractivity contribution >= 4 is 67.6 Å². The maximum atomic E-state index is 10.0. The van der Waals surface area contributed by atoms with Crippen LogP contribution in [0.2, 0.25) is 0 Å². The van der Waals surface area contributed by atoms with Gasteiger partial charge in [0.25, 0.3) is 0 Å². The van der Waals surface area contributed by atoms with E-state index in [9.17, 15) is 49.5 Å². The van der Waals surface area contributed by atoms with Crippen LogP contribution in [0.5, 0.6) is 0 Å². The van der Waals surface area contributed by atoms with Gasteiger partial charge in [-0.1, -0.05) is 30.3 Å². The molecule has 0 aliphatic heterocycles. The summed E-state index contributed by atoms with van der Waals surface area (Å²) >= 11 is 0. The number of nitrogens with zero attached hydrogens (tertiary/aromatic N) is 5. The van der Waals surface area contributed by atoms with Crippen molar-refractivity contribution in [2.24, 2.45) is 0 Å². The summed E-state index contributed by atoms with van der Waals surface area (Å²) in [5.74, 6) is -5.96. The first kappa shape index (κ1) is 44.0. The molecule has 15 nitrogen and oxygen atoms in total. The van der Waals surface area contributed by atoms with Gasteiger partial charge in [0, 0.05) is 89.8 Å². The summed E-state index contributed by atoms with van der Waals surface area (Å²) in [4.78, 5) is 68.2. The molecule has 5 aromatic heterocycles. The maximum absolute atomic E-state index is 10.0. The van der Waals surface area contributed by atoms with Crippen molar-refractivity contribution in [3.05, 3.63) is 150 Å². The topological polar surface area (TPSA) is 265 Å². The van der Waals surface area contributed by atoms with E-state index in [2.05, 4.69) is 24.9 Å². The van der Waals surface area contributed by atoms with Gasteiger partial charge in [-0.25, -0.2) is 0 Å². The Kier molecular flexibility index (Phi) is 24.5. The molecule has 0 aliphatic carbocycles. The Balaban J connectivity index is 0. The van der Waals surface area contributed by atoms with Crippen molar-refractivity contribution < 1.29 is 66.9 Å². The van der Waals surface area contributed by atoms with Crippen molar-refractivity contribution in [1.82, 2.24) is 24.9 Å². The number of carbonyl (C=O) groups is 5. The van der Waals surface area contributed by atoms with Gasteiger partial charge >= 0.3 is 55.1 Å². The van der Waals surface area contributed by atoms with Crippen LogP contribution >= 0.6 is 0 Å². The molecule has 1 radical (unpaired) electrons. The van der Waals surface area contributed by atoms with Crippen LogP contribution in [0.15, 0.2) is 123 Å². The second-order valence-corrected chi connectivity index (χ2v) is 7.65. The van der Waals surface area contributed by atoms with Crippen molar-refractivity contribution in [1.29, 1.82) is 0 Å². The summed E-state index contributed by atoms with van der Waals surface area (Å²) in [6.45, 7) is 0. The number of pyridine rings is 5. The van der Waals surface area contributed by atoms with Gasteiger partial charge in [-0.2, -0.15) is 0 Å². The smallest absolute Gasteiger partial charge is 0.545 e. The van der Waals surface area contributed by atoms with Gasteiger partial charge in [-0.3, -0.25) is 24.9 Å². The SMILES string of the molecule is O=C([O-])c1cccnc1.O=C([O-])c1cccnc1.O=C([O-])c1cccnc1.O=C([O-])c1cccnc1.O=C([O-])c1cccnc1.[Ca+2].[Cr+3]. The molecular formula is C30H20CaCrN5O10. The number of rotatable bonds is 5. The fourth-order valence-electron chi connectivity index (χ4n) is 2.42. The Morgan fingerprint density at radius 2 is 0.511 bits per heavy atom. The molecule has 0 aromatic carbocycles. The normalized spacial score (nSPS) is 8.51. The molecule has 5 heterocycles. The minimum absolute atomic E-state index is 0. The summed E-state index contributed by atoms with van der Waals surface area (Å²) in [6.07, 6.45) is 13.8. The molecule has 0 spiro atoms. The molecule has 0 N–H and O–H groups in total. The largest absolute Gasteiger partial charge is 3.00 e. The summed E-state index contributed by atoms with van der Waals surface area (Å²) in [7, 11) is 0. The number of carboxylic acids is 5. The minimum atomic E-state index is -1.19. The quantitative estimate of drug-likeness (QED) is 0.164. The number of carboxylic acid groups (broad SMARTS) is 5. The number of hydrogen-bond acceptors (Lipinski definition) is 15. The Bertz CT molecular complexity index is 1340. The molecule has 0 fully saturated rings. The van der Waals surface area contributed by atoms with Gasteiger partial charge in [-0.15, -0.1) is 0 Å². The number of carbonyl (C=O) groups excluding carboxylic acids is 5. The Hall–Kier alpha value is -5.11. The van der Waals surface area contributed by atoms with E-state index in [-0.39, 0.29) is 82.9 Å². The van der Waals surface area contributed by atoms with Gasteiger partial charge in [0.2, 0.25) is 0 Å². The standard InChI is InChI=1S/5C6H5NO2.Ca.Cr/c5*8-6(9)5-2-1-3-7-4-5;;/h5*1-4H,(H,8,9);;/q;;;;;+2;+3/p-5. The zero-order valence-electron chi connectivity index (χ0n) is 24.0. The third kappa shape index (κ3) is 20.5. The molecule has 0 unspecified atom stereocenters. The summed E-state index contributed by atoms with van der Waals surface area (Å²) in [6, 6.07) is 14.9. The predicted octanol–water partition coefficient (Wildman–Crippen LogP) is -3.16. The number of aromatic carboxylic acids is 5. The van der Waals surface area contributed by atoms with Crippen molar-refractivity contribution in [3.8, 4) is 0 Å².